The fraction of sp³-hybridized carbons (Fsp3) is 0.318. The van der Waals surface area contributed by atoms with E-state index in [2.05, 4.69) is 16.2 Å². The highest BCUT2D eigenvalue weighted by Crippen LogP contribution is 2.27. The first-order chi connectivity index (χ1) is 14.8. The average molecular weight is 431 g/mol. The normalized spacial score (nSPS) is 11.4. The number of hydrogen-bond donors (Lipinski definition) is 3. The van der Waals surface area contributed by atoms with E-state index in [1.807, 2.05) is 6.92 Å². The van der Waals surface area contributed by atoms with Crippen molar-refractivity contribution in [2.24, 2.45) is 5.92 Å². The largest absolute Gasteiger partial charge is 0.493 e. The highest BCUT2D eigenvalue weighted by Gasteiger charge is 2.26. The second-order valence-electron chi connectivity index (χ2n) is 6.92. The molecule has 1 atom stereocenters. The van der Waals surface area contributed by atoms with E-state index in [-0.39, 0.29) is 17.0 Å². The lowest BCUT2D eigenvalue weighted by Crippen LogP contribution is -2.54. The van der Waals surface area contributed by atoms with Gasteiger partial charge < -0.3 is 14.8 Å². The molecule has 3 amide bonds. The third-order valence-electron chi connectivity index (χ3n) is 4.38. The van der Waals surface area contributed by atoms with Gasteiger partial charge in [-0.1, -0.05) is 26.0 Å². The summed E-state index contributed by atoms with van der Waals surface area (Å²) in [6.45, 7) is 5.69. The molecule has 0 saturated heterocycles. The van der Waals surface area contributed by atoms with Crippen LogP contribution in [0, 0.1) is 11.7 Å². The van der Waals surface area contributed by atoms with E-state index in [9.17, 15) is 18.8 Å². The number of rotatable bonds is 8. The van der Waals surface area contributed by atoms with Crippen LogP contribution in [0.15, 0.2) is 42.5 Å². The van der Waals surface area contributed by atoms with Crippen molar-refractivity contribution in [2.45, 2.75) is 26.8 Å². The Hall–Kier alpha value is -3.62. The van der Waals surface area contributed by atoms with Crippen LogP contribution in [0.4, 0.5) is 4.39 Å². The Kier molecular flexibility index (Phi) is 8.36. The molecule has 0 radical (unpaired) electrons. The van der Waals surface area contributed by atoms with Crippen LogP contribution in [0.1, 0.15) is 41.5 Å². The monoisotopic (exact) mass is 431 g/mol. The lowest BCUT2D eigenvalue weighted by Gasteiger charge is -2.22. The van der Waals surface area contributed by atoms with Crippen molar-refractivity contribution >= 4 is 17.7 Å². The van der Waals surface area contributed by atoms with Crippen LogP contribution < -0.4 is 25.6 Å². The molecular formula is C22H26FN3O5. The molecule has 0 bridgehead atoms. The minimum absolute atomic E-state index is 0.175. The molecule has 31 heavy (non-hydrogen) atoms. The molecule has 0 aliphatic rings. The Morgan fingerprint density at radius 2 is 1.71 bits per heavy atom. The molecule has 8 nitrogen and oxygen atoms in total. The predicted octanol–water partition coefficient (Wildman–Crippen LogP) is 2.45. The molecule has 2 aromatic rings. The van der Waals surface area contributed by atoms with Crippen molar-refractivity contribution < 1.29 is 28.2 Å². The van der Waals surface area contributed by atoms with Crippen molar-refractivity contribution in [3.8, 4) is 11.5 Å². The second-order valence-corrected chi connectivity index (χ2v) is 6.92. The van der Waals surface area contributed by atoms with Gasteiger partial charge in [0.05, 0.1) is 19.3 Å². The highest BCUT2D eigenvalue weighted by molar-refractivity contribution is 5.99. The topological polar surface area (TPSA) is 106 Å². The van der Waals surface area contributed by atoms with Gasteiger partial charge in [-0.15, -0.1) is 0 Å². The fourth-order valence-electron chi connectivity index (χ4n) is 2.75. The van der Waals surface area contributed by atoms with Gasteiger partial charge in [-0.3, -0.25) is 25.2 Å². The summed E-state index contributed by atoms with van der Waals surface area (Å²) in [5.74, 6) is -2.11. The zero-order valence-electron chi connectivity index (χ0n) is 17.8. The minimum atomic E-state index is -0.998. The van der Waals surface area contributed by atoms with Gasteiger partial charge in [0.25, 0.3) is 17.7 Å². The van der Waals surface area contributed by atoms with Crippen LogP contribution in [0.25, 0.3) is 0 Å². The Bertz CT molecular complexity index is 948. The summed E-state index contributed by atoms with van der Waals surface area (Å²) in [6, 6.07) is 9.05. The standard InChI is InChI=1S/C22H26FN3O5/c1-5-31-17-11-10-14(12-18(17)30-4)20(27)25-26-22(29)19(13(2)3)24-21(28)15-8-6-7-9-16(15)23/h6-13,19H,5H2,1-4H3,(H,24,28)(H,25,27)(H,26,29)/t19-/m0/s1. The number of hydrazine groups is 1. The molecule has 0 spiro atoms. The summed E-state index contributed by atoms with van der Waals surface area (Å²) in [4.78, 5) is 37.3. The van der Waals surface area contributed by atoms with Gasteiger partial charge in [0.2, 0.25) is 0 Å². The maximum absolute atomic E-state index is 13.8. The zero-order chi connectivity index (χ0) is 23.0. The van der Waals surface area contributed by atoms with Crippen molar-refractivity contribution in [1.29, 1.82) is 0 Å². The van der Waals surface area contributed by atoms with E-state index in [4.69, 9.17) is 9.47 Å². The summed E-state index contributed by atoms with van der Waals surface area (Å²) >= 11 is 0. The van der Waals surface area contributed by atoms with E-state index in [1.165, 1.54) is 37.4 Å². The Morgan fingerprint density at radius 1 is 1.00 bits per heavy atom. The molecular weight excluding hydrogens is 405 g/mol. The first-order valence-corrected chi connectivity index (χ1v) is 9.74. The molecule has 0 aliphatic carbocycles. The maximum Gasteiger partial charge on any atom is 0.269 e. The van der Waals surface area contributed by atoms with E-state index in [1.54, 1.807) is 19.9 Å². The Morgan fingerprint density at radius 3 is 2.32 bits per heavy atom. The molecule has 9 heteroatoms. The average Bonchev–Trinajstić information content (AvgIpc) is 2.75. The molecule has 0 unspecified atom stereocenters. The van der Waals surface area contributed by atoms with E-state index in [0.717, 1.165) is 6.07 Å². The summed E-state index contributed by atoms with van der Waals surface area (Å²) in [7, 11) is 1.45. The number of carbonyl (C=O) groups is 3. The second kappa shape index (κ2) is 11.0. The summed E-state index contributed by atoms with van der Waals surface area (Å²) in [5.41, 5.74) is 4.65. The van der Waals surface area contributed by atoms with Gasteiger partial charge in [-0.2, -0.15) is 0 Å². The van der Waals surface area contributed by atoms with Crippen molar-refractivity contribution in [2.75, 3.05) is 13.7 Å². The molecule has 0 fully saturated rings. The molecule has 0 aromatic heterocycles. The summed E-state index contributed by atoms with van der Waals surface area (Å²) in [5, 5.41) is 2.50. The number of nitrogens with one attached hydrogen (secondary N) is 3. The summed E-state index contributed by atoms with van der Waals surface area (Å²) < 4.78 is 24.5. The molecule has 2 aromatic carbocycles. The van der Waals surface area contributed by atoms with Gasteiger partial charge in [-0.05, 0) is 43.2 Å². The van der Waals surface area contributed by atoms with Crippen molar-refractivity contribution in [3.63, 3.8) is 0 Å². The number of carbonyl (C=O) groups excluding carboxylic acids is 3. The van der Waals surface area contributed by atoms with Gasteiger partial charge in [0, 0.05) is 5.56 Å². The molecule has 0 saturated carbocycles. The molecule has 0 heterocycles. The molecule has 0 aliphatic heterocycles. The highest BCUT2D eigenvalue weighted by atomic mass is 19.1. The van der Waals surface area contributed by atoms with Crippen molar-refractivity contribution in [1.82, 2.24) is 16.2 Å². The predicted molar refractivity (Wildman–Crippen MR) is 112 cm³/mol. The van der Waals surface area contributed by atoms with Gasteiger partial charge in [0.15, 0.2) is 11.5 Å². The van der Waals surface area contributed by atoms with Gasteiger partial charge >= 0.3 is 0 Å². The molecule has 166 valence electrons. The minimum Gasteiger partial charge on any atom is -0.493 e. The molecule has 2 rings (SSSR count). The van der Waals surface area contributed by atoms with E-state index in [0.29, 0.717) is 18.1 Å². The van der Waals surface area contributed by atoms with Crippen LogP contribution in [0.2, 0.25) is 0 Å². The van der Waals surface area contributed by atoms with Crippen LogP contribution in [-0.2, 0) is 4.79 Å². The third-order valence-corrected chi connectivity index (χ3v) is 4.38. The number of amides is 3. The number of halogens is 1. The SMILES string of the molecule is CCOc1ccc(C(=O)NNC(=O)[C@@H](NC(=O)c2ccccc2F)C(C)C)cc1OC. The van der Waals surface area contributed by atoms with Crippen LogP contribution >= 0.6 is 0 Å². The third kappa shape index (κ3) is 6.18. The fourth-order valence-corrected chi connectivity index (χ4v) is 2.75. The number of benzene rings is 2. The molecule has 3 N–H and O–H groups in total. The van der Waals surface area contributed by atoms with Gasteiger partial charge in [-0.25, -0.2) is 4.39 Å². The van der Waals surface area contributed by atoms with Crippen LogP contribution in [0.5, 0.6) is 11.5 Å². The first kappa shape index (κ1) is 23.7. The quantitative estimate of drug-likeness (QED) is 0.557. The van der Waals surface area contributed by atoms with Crippen LogP contribution in [0.3, 0.4) is 0 Å². The maximum atomic E-state index is 13.8. The van der Waals surface area contributed by atoms with Gasteiger partial charge in [0.1, 0.15) is 11.9 Å². The lowest BCUT2D eigenvalue weighted by atomic mass is 10.0. The zero-order valence-corrected chi connectivity index (χ0v) is 17.8. The number of ether oxygens (including phenoxy) is 2. The van der Waals surface area contributed by atoms with Crippen LogP contribution in [-0.4, -0.2) is 37.5 Å². The number of methoxy groups -OCH3 is 1. The Labute approximate surface area is 180 Å². The van der Waals surface area contributed by atoms with E-state index < -0.39 is 29.6 Å². The smallest absolute Gasteiger partial charge is 0.269 e. The first-order valence-electron chi connectivity index (χ1n) is 9.74. The summed E-state index contributed by atoms with van der Waals surface area (Å²) in [6.07, 6.45) is 0. The van der Waals surface area contributed by atoms with E-state index >= 15 is 0 Å². The lowest BCUT2D eigenvalue weighted by molar-refractivity contribution is -0.124. The number of hydrogen-bond acceptors (Lipinski definition) is 5. The van der Waals surface area contributed by atoms with Crippen molar-refractivity contribution in [3.05, 3.63) is 59.4 Å². The Balaban J connectivity index is 2.04.